The van der Waals surface area contributed by atoms with Crippen LogP contribution in [-0.2, 0) is 19.3 Å². The minimum absolute atomic E-state index is 0.440. The summed E-state index contributed by atoms with van der Waals surface area (Å²) in [6.07, 6.45) is 2.86. The Bertz CT molecular complexity index is 556. The fourth-order valence-electron chi connectivity index (χ4n) is 2.91. The summed E-state index contributed by atoms with van der Waals surface area (Å²) in [6, 6.07) is 12.3. The monoisotopic (exact) mass is 254 g/mol. The number of phenols is 1. The first-order chi connectivity index (χ1) is 9.22. The Morgan fingerprint density at radius 1 is 0.789 bits per heavy atom. The van der Waals surface area contributed by atoms with Gasteiger partial charge in [0, 0.05) is 0 Å². The molecule has 0 fully saturated rings. The SMILES string of the molecule is CCc1c(O)cc(-c2ccccc2)c(CC)c1CC. The second-order valence-electron chi connectivity index (χ2n) is 4.81. The Morgan fingerprint density at radius 3 is 1.89 bits per heavy atom. The normalized spacial score (nSPS) is 10.7. The molecule has 19 heavy (non-hydrogen) atoms. The molecule has 1 heteroatoms. The van der Waals surface area contributed by atoms with E-state index in [1.54, 1.807) is 0 Å². The predicted octanol–water partition coefficient (Wildman–Crippen LogP) is 4.75. The zero-order valence-corrected chi connectivity index (χ0v) is 12.0. The molecule has 2 aromatic rings. The topological polar surface area (TPSA) is 20.2 Å². The van der Waals surface area contributed by atoms with E-state index in [0.717, 1.165) is 24.8 Å². The summed E-state index contributed by atoms with van der Waals surface area (Å²) >= 11 is 0. The van der Waals surface area contributed by atoms with Gasteiger partial charge in [-0.25, -0.2) is 0 Å². The highest BCUT2D eigenvalue weighted by molar-refractivity contribution is 5.72. The first-order valence-electron chi connectivity index (χ1n) is 7.14. The Balaban J connectivity index is 2.72. The minimum Gasteiger partial charge on any atom is -0.508 e. The molecule has 2 aromatic carbocycles. The van der Waals surface area contributed by atoms with Gasteiger partial charge in [-0.15, -0.1) is 0 Å². The molecular weight excluding hydrogens is 232 g/mol. The average molecular weight is 254 g/mol. The highest BCUT2D eigenvalue weighted by atomic mass is 16.3. The van der Waals surface area contributed by atoms with Crippen molar-refractivity contribution in [3.05, 3.63) is 53.1 Å². The van der Waals surface area contributed by atoms with Gasteiger partial charge in [-0.3, -0.25) is 0 Å². The molecule has 0 saturated carbocycles. The molecule has 0 bridgehead atoms. The van der Waals surface area contributed by atoms with Gasteiger partial charge in [0.2, 0.25) is 0 Å². The first-order valence-corrected chi connectivity index (χ1v) is 7.14. The van der Waals surface area contributed by atoms with Gasteiger partial charge in [-0.2, -0.15) is 0 Å². The van der Waals surface area contributed by atoms with Gasteiger partial charge in [0.15, 0.2) is 0 Å². The molecular formula is C18H22O. The van der Waals surface area contributed by atoms with Crippen LogP contribution >= 0.6 is 0 Å². The van der Waals surface area contributed by atoms with Crippen molar-refractivity contribution in [3.63, 3.8) is 0 Å². The van der Waals surface area contributed by atoms with E-state index >= 15 is 0 Å². The molecule has 0 saturated heterocycles. The number of rotatable bonds is 4. The molecule has 0 aromatic heterocycles. The Kier molecular flexibility index (Phi) is 4.26. The Labute approximate surface area is 115 Å². The van der Waals surface area contributed by atoms with Crippen molar-refractivity contribution in [2.45, 2.75) is 40.0 Å². The van der Waals surface area contributed by atoms with E-state index in [9.17, 15) is 5.11 Å². The maximum Gasteiger partial charge on any atom is 0.119 e. The van der Waals surface area contributed by atoms with E-state index in [-0.39, 0.29) is 0 Å². The maximum absolute atomic E-state index is 10.3. The summed E-state index contributed by atoms with van der Waals surface area (Å²) < 4.78 is 0. The van der Waals surface area contributed by atoms with E-state index in [2.05, 4.69) is 32.9 Å². The van der Waals surface area contributed by atoms with Crippen molar-refractivity contribution < 1.29 is 5.11 Å². The van der Waals surface area contributed by atoms with E-state index in [4.69, 9.17) is 0 Å². The smallest absolute Gasteiger partial charge is 0.119 e. The van der Waals surface area contributed by atoms with E-state index < -0.39 is 0 Å². The van der Waals surface area contributed by atoms with Gasteiger partial charge in [0.25, 0.3) is 0 Å². The quantitative estimate of drug-likeness (QED) is 0.835. The molecule has 0 aliphatic heterocycles. The van der Waals surface area contributed by atoms with Crippen molar-refractivity contribution in [2.24, 2.45) is 0 Å². The van der Waals surface area contributed by atoms with Crippen LogP contribution in [0.3, 0.4) is 0 Å². The van der Waals surface area contributed by atoms with Crippen LogP contribution in [0.4, 0.5) is 0 Å². The third kappa shape index (κ3) is 2.51. The molecule has 1 N–H and O–H groups in total. The Morgan fingerprint density at radius 2 is 1.37 bits per heavy atom. The summed E-state index contributed by atoms with van der Waals surface area (Å²) in [5.41, 5.74) is 6.17. The highest BCUT2D eigenvalue weighted by Gasteiger charge is 2.15. The van der Waals surface area contributed by atoms with Crippen molar-refractivity contribution in [1.82, 2.24) is 0 Å². The van der Waals surface area contributed by atoms with Crippen molar-refractivity contribution >= 4 is 0 Å². The molecule has 0 aliphatic carbocycles. The molecule has 0 radical (unpaired) electrons. The molecule has 0 unspecified atom stereocenters. The van der Waals surface area contributed by atoms with Gasteiger partial charge in [0.1, 0.15) is 5.75 Å². The van der Waals surface area contributed by atoms with Crippen LogP contribution in [0, 0.1) is 0 Å². The zero-order valence-electron chi connectivity index (χ0n) is 12.0. The lowest BCUT2D eigenvalue weighted by atomic mass is 9.88. The van der Waals surface area contributed by atoms with Crippen LogP contribution in [0.15, 0.2) is 36.4 Å². The number of phenolic OH excluding ortho intramolecular Hbond substituents is 1. The van der Waals surface area contributed by atoms with Gasteiger partial charge < -0.3 is 5.11 Å². The van der Waals surface area contributed by atoms with Crippen LogP contribution in [0.25, 0.3) is 11.1 Å². The minimum atomic E-state index is 0.440. The van der Waals surface area contributed by atoms with Gasteiger partial charge in [-0.1, -0.05) is 51.1 Å². The average Bonchev–Trinajstić information content (AvgIpc) is 2.46. The largest absolute Gasteiger partial charge is 0.508 e. The zero-order chi connectivity index (χ0) is 13.8. The van der Waals surface area contributed by atoms with Crippen molar-refractivity contribution in [1.29, 1.82) is 0 Å². The third-order valence-electron chi connectivity index (χ3n) is 3.79. The standard InChI is InChI=1S/C18H22O/c1-4-14-15(5-2)17(12-18(19)16(14)6-3)13-10-8-7-9-11-13/h7-12,19H,4-6H2,1-3H3. The number of hydrogen-bond donors (Lipinski definition) is 1. The second kappa shape index (κ2) is 5.92. The van der Waals surface area contributed by atoms with Crippen LogP contribution in [0.1, 0.15) is 37.5 Å². The lowest BCUT2D eigenvalue weighted by molar-refractivity contribution is 0.467. The van der Waals surface area contributed by atoms with Crippen LogP contribution in [0.5, 0.6) is 5.75 Å². The highest BCUT2D eigenvalue weighted by Crippen LogP contribution is 2.35. The second-order valence-corrected chi connectivity index (χ2v) is 4.81. The first kappa shape index (κ1) is 13.7. The number of benzene rings is 2. The molecule has 0 atom stereocenters. The third-order valence-corrected chi connectivity index (χ3v) is 3.79. The lowest BCUT2D eigenvalue weighted by Gasteiger charge is -2.18. The predicted molar refractivity (Wildman–Crippen MR) is 81.7 cm³/mol. The molecule has 100 valence electrons. The van der Waals surface area contributed by atoms with Crippen molar-refractivity contribution in [3.8, 4) is 16.9 Å². The van der Waals surface area contributed by atoms with Crippen molar-refractivity contribution in [2.75, 3.05) is 0 Å². The summed E-state index contributed by atoms with van der Waals surface area (Å²) in [5, 5.41) is 10.3. The van der Waals surface area contributed by atoms with Crippen LogP contribution in [0.2, 0.25) is 0 Å². The van der Waals surface area contributed by atoms with E-state index in [0.29, 0.717) is 5.75 Å². The van der Waals surface area contributed by atoms with Crippen LogP contribution < -0.4 is 0 Å². The molecule has 0 amide bonds. The lowest BCUT2D eigenvalue weighted by Crippen LogP contribution is -2.01. The van der Waals surface area contributed by atoms with E-state index in [1.165, 1.54) is 22.3 Å². The van der Waals surface area contributed by atoms with Gasteiger partial charge in [-0.05, 0) is 53.1 Å². The summed E-state index contributed by atoms with van der Waals surface area (Å²) in [5.74, 6) is 0.440. The number of hydrogen-bond acceptors (Lipinski definition) is 1. The fourth-order valence-corrected chi connectivity index (χ4v) is 2.91. The number of aromatic hydroxyl groups is 1. The summed E-state index contributed by atoms with van der Waals surface area (Å²) in [4.78, 5) is 0. The molecule has 0 aliphatic rings. The summed E-state index contributed by atoms with van der Waals surface area (Å²) in [7, 11) is 0. The molecule has 2 rings (SSSR count). The van der Waals surface area contributed by atoms with Crippen LogP contribution in [-0.4, -0.2) is 5.11 Å². The fraction of sp³-hybridized carbons (Fsp3) is 0.333. The molecule has 1 nitrogen and oxygen atoms in total. The molecule has 0 spiro atoms. The molecule has 0 heterocycles. The van der Waals surface area contributed by atoms with Gasteiger partial charge >= 0.3 is 0 Å². The Hall–Kier alpha value is -1.76. The van der Waals surface area contributed by atoms with E-state index in [1.807, 2.05) is 24.3 Å². The summed E-state index contributed by atoms with van der Waals surface area (Å²) in [6.45, 7) is 6.47. The van der Waals surface area contributed by atoms with Gasteiger partial charge in [0.05, 0.1) is 0 Å². The maximum atomic E-state index is 10.3.